The van der Waals surface area contributed by atoms with Crippen molar-refractivity contribution in [2.24, 2.45) is 0 Å². The smallest absolute Gasteiger partial charge is 0.262 e. The number of hydrogen-bond acceptors (Lipinski definition) is 10. The Morgan fingerprint density at radius 3 is 2.34 bits per heavy atom. The van der Waals surface area contributed by atoms with E-state index in [0.29, 0.717) is 52.0 Å². The number of aromatic nitrogens is 2. The van der Waals surface area contributed by atoms with Gasteiger partial charge in [-0.25, -0.2) is 18.4 Å². The molecule has 4 aromatic rings. The number of nitrogens with one attached hydrogen (secondary N) is 1. The number of likely N-dealkylation sites (tertiary alicyclic amines) is 1. The summed E-state index contributed by atoms with van der Waals surface area (Å²) in [5.41, 5.74) is 6.17. The molecule has 1 N–H and O–H groups in total. The number of ether oxygens (including phenoxy) is 1. The van der Waals surface area contributed by atoms with E-state index in [0.717, 1.165) is 67.1 Å². The predicted octanol–water partition coefficient (Wildman–Crippen LogP) is 7.19. The third-order valence-corrected chi connectivity index (χ3v) is 14.6. The standard InChI is InChI=1S/C47H54ClN5O7S/c1-28(2)60-40-26-36(30(5)23-34(40)25-42-49-27-37(48)38(50-42)24-33-12-6-7-15-41(33)61(58,59)29(3)4)31-18-21-52(22-19-31)20-9-8-11-32-13-10-14-35-44(32)47(57)53(46(35)56)39-16-17-43(54)51-45(39)55/h6-7,10,12-15,23,26-29,31,39H,8-9,11,16-22,24-25H2,1-5H3,(H,51,54,55). The number of benzene rings is 3. The van der Waals surface area contributed by atoms with E-state index in [9.17, 15) is 27.6 Å². The molecule has 14 heteroatoms. The fourth-order valence-corrected chi connectivity index (χ4v) is 10.2. The Hall–Kier alpha value is -4.98. The maximum atomic E-state index is 13.5. The molecule has 1 atom stereocenters. The first-order valence-corrected chi connectivity index (χ1v) is 23.2. The number of nitrogens with zero attached hydrogens (tertiary/aromatic N) is 4. The van der Waals surface area contributed by atoms with Gasteiger partial charge in [-0.15, -0.1) is 0 Å². The van der Waals surface area contributed by atoms with Crippen molar-refractivity contribution in [3.05, 3.63) is 116 Å². The Bertz CT molecular complexity index is 2460. The van der Waals surface area contributed by atoms with Crippen LogP contribution in [0, 0.1) is 6.92 Å². The van der Waals surface area contributed by atoms with E-state index in [4.69, 9.17) is 21.3 Å². The Balaban J connectivity index is 0.964. The Labute approximate surface area is 363 Å². The molecule has 0 radical (unpaired) electrons. The molecule has 3 aliphatic heterocycles. The van der Waals surface area contributed by atoms with E-state index in [1.54, 1.807) is 44.3 Å². The van der Waals surface area contributed by atoms with Gasteiger partial charge in [0.1, 0.15) is 17.6 Å². The zero-order valence-electron chi connectivity index (χ0n) is 35.5. The molecule has 2 saturated heterocycles. The Kier molecular flexibility index (Phi) is 13.4. The number of hydrogen-bond donors (Lipinski definition) is 1. The molecule has 0 bridgehead atoms. The largest absolute Gasteiger partial charge is 0.491 e. The molecule has 0 spiro atoms. The van der Waals surface area contributed by atoms with Gasteiger partial charge in [-0.2, -0.15) is 0 Å². The first-order valence-electron chi connectivity index (χ1n) is 21.3. The number of rotatable bonds is 15. The molecule has 0 aliphatic carbocycles. The van der Waals surface area contributed by atoms with Crippen molar-refractivity contribution >= 4 is 45.1 Å². The van der Waals surface area contributed by atoms with E-state index in [1.807, 2.05) is 32.0 Å². The van der Waals surface area contributed by atoms with Crippen LogP contribution in [0.2, 0.25) is 5.02 Å². The highest BCUT2D eigenvalue weighted by atomic mass is 35.5. The SMILES string of the molecule is Cc1cc(Cc2ncc(Cl)c(Cc3ccccc3S(=O)(=O)C(C)C)n2)c(OC(C)C)cc1C1CCN(CCCCc2cccc3c2C(=O)N(C2CCC(=O)NC2=O)C3=O)CC1. The van der Waals surface area contributed by atoms with Crippen LogP contribution in [0.4, 0.5) is 0 Å². The molecule has 12 nitrogen and oxygen atoms in total. The van der Waals surface area contributed by atoms with Gasteiger partial charge in [-0.05, 0) is 139 Å². The van der Waals surface area contributed by atoms with E-state index in [2.05, 4.69) is 34.3 Å². The van der Waals surface area contributed by atoms with Gasteiger partial charge in [0.2, 0.25) is 11.8 Å². The van der Waals surface area contributed by atoms with Gasteiger partial charge in [0, 0.05) is 31.0 Å². The van der Waals surface area contributed by atoms with Crippen LogP contribution in [0.3, 0.4) is 0 Å². The van der Waals surface area contributed by atoms with Crippen LogP contribution in [0.5, 0.6) is 5.75 Å². The summed E-state index contributed by atoms with van der Waals surface area (Å²) in [4.78, 5) is 64.2. The molecule has 7 rings (SSSR count). The number of aryl methyl sites for hydroxylation is 2. The summed E-state index contributed by atoms with van der Waals surface area (Å²) < 4.78 is 32.7. The number of amides is 4. The van der Waals surface area contributed by atoms with Gasteiger partial charge >= 0.3 is 0 Å². The number of carbonyl (C=O) groups is 4. The lowest BCUT2D eigenvalue weighted by Crippen LogP contribution is -2.54. The third-order valence-electron chi connectivity index (χ3n) is 12.0. The molecule has 1 unspecified atom stereocenters. The minimum atomic E-state index is -3.50. The van der Waals surface area contributed by atoms with Crippen LogP contribution < -0.4 is 10.1 Å². The first kappa shape index (κ1) is 44.1. The second kappa shape index (κ2) is 18.6. The van der Waals surface area contributed by atoms with Crippen molar-refractivity contribution < 1.29 is 32.3 Å². The summed E-state index contributed by atoms with van der Waals surface area (Å²) in [5, 5.41) is 2.08. The average Bonchev–Trinajstić information content (AvgIpc) is 3.47. The van der Waals surface area contributed by atoms with Crippen molar-refractivity contribution in [3.63, 3.8) is 0 Å². The van der Waals surface area contributed by atoms with Crippen LogP contribution in [0.1, 0.15) is 132 Å². The molecule has 4 amide bonds. The van der Waals surface area contributed by atoms with Crippen molar-refractivity contribution in [2.75, 3.05) is 19.6 Å². The molecule has 61 heavy (non-hydrogen) atoms. The van der Waals surface area contributed by atoms with E-state index in [1.165, 1.54) is 11.1 Å². The second-order valence-corrected chi connectivity index (χ2v) is 19.9. The Morgan fingerprint density at radius 1 is 0.885 bits per heavy atom. The van der Waals surface area contributed by atoms with E-state index >= 15 is 0 Å². The second-order valence-electron chi connectivity index (χ2n) is 17.0. The average molecular weight is 868 g/mol. The molecule has 4 heterocycles. The van der Waals surface area contributed by atoms with Crippen LogP contribution in [0.25, 0.3) is 0 Å². The van der Waals surface area contributed by atoms with Crippen LogP contribution >= 0.6 is 11.6 Å². The van der Waals surface area contributed by atoms with Crippen molar-refractivity contribution in [1.82, 2.24) is 25.1 Å². The fraction of sp³-hybridized carbons (Fsp3) is 0.447. The van der Waals surface area contributed by atoms with Crippen molar-refractivity contribution in [1.29, 1.82) is 0 Å². The predicted molar refractivity (Wildman–Crippen MR) is 233 cm³/mol. The molecule has 2 fully saturated rings. The van der Waals surface area contributed by atoms with Gasteiger partial charge < -0.3 is 9.64 Å². The van der Waals surface area contributed by atoms with Gasteiger partial charge in [0.05, 0.1) is 38.1 Å². The minimum Gasteiger partial charge on any atom is -0.491 e. The van der Waals surface area contributed by atoms with Crippen LogP contribution in [-0.2, 0) is 38.7 Å². The molecule has 3 aliphatic rings. The number of piperidine rings is 2. The molecule has 1 aromatic heterocycles. The number of sulfone groups is 1. The third kappa shape index (κ3) is 9.59. The van der Waals surface area contributed by atoms with E-state index in [-0.39, 0.29) is 30.3 Å². The lowest BCUT2D eigenvalue weighted by Gasteiger charge is -2.33. The quantitative estimate of drug-likeness (QED) is 0.0959. The highest BCUT2D eigenvalue weighted by Crippen LogP contribution is 2.36. The number of unbranched alkanes of at least 4 members (excludes halogenated alkanes) is 1. The fourth-order valence-electron chi connectivity index (χ4n) is 8.80. The van der Waals surface area contributed by atoms with Crippen LogP contribution in [-0.4, -0.2) is 88.8 Å². The normalized spacial score (nSPS) is 17.7. The van der Waals surface area contributed by atoms with Gasteiger partial charge in [0.15, 0.2) is 9.84 Å². The van der Waals surface area contributed by atoms with Crippen molar-refractivity contribution in [3.8, 4) is 5.75 Å². The highest BCUT2D eigenvalue weighted by molar-refractivity contribution is 7.92. The molecule has 0 saturated carbocycles. The van der Waals surface area contributed by atoms with Gasteiger partial charge in [-0.1, -0.05) is 48.0 Å². The van der Waals surface area contributed by atoms with Crippen LogP contribution in [0.15, 0.2) is 65.7 Å². The van der Waals surface area contributed by atoms with Gasteiger partial charge in [-0.3, -0.25) is 29.4 Å². The summed E-state index contributed by atoms with van der Waals surface area (Å²) in [6, 6.07) is 15.7. The zero-order valence-corrected chi connectivity index (χ0v) is 37.1. The maximum absolute atomic E-state index is 13.5. The molecular weight excluding hydrogens is 814 g/mol. The van der Waals surface area contributed by atoms with E-state index < -0.39 is 44.8 Å². The molecule has 3 aromatic carbocycles. The summed E-state index contributed by atoms with van der Waals surface area (Å²) in [6.07, 6.45) is 6.90. The zero-order chi connectivity index (χ0) is 43.6. The number of fused-ring (bicyclic) bond motifs is 1. The summed E-state index contributed by atoms with van der Waals surface area (Å²) >= 11 is 6.60. The number of imide groups is 2. The highest BCUT2D eigenvalue weighted by Gasteiger charge is 2.45. The number of halogens is 1. The van der Waals surface area contributed by atoms with Crippen molar-refractivity contribution in [2.45, 2.75) is 121 Å². The topological polar surface area (TPSA) is 156 Å². The lowest BCUT2D eigenvalue weighted by molar-refractivity contribution is -0.136. The monoisotopic (exact) mass is 867 g/mol. The summed E-state index contributed by atoms with van der Waals surface area (Å²) in [7, 11) is -3.50. The van der Waals surface area contributed by atoms with Gasteiger partial charge in [0.25, 0.3) is 11.8 Å². The maximum Gasteiger partial charge on any atom is 0.262 e. The summed E-state index contributed by atoms with van der Waals surface area (Å²) in [5.74, 6) is -0.179. The molecule has 322 valence electrons. The Morgan fingerprint density at radius 2 is 1.62 bits per heavy atom. The lowest BCUT2D eigenvalue weighted by atomic mass is 9.85. The molecular formula is C47H54ClN5O7S. The number of carbonyl (C=O) groups excluding carboxylic acids is 4. The first-order chi connectivity index (χ1) is 29.1. The summed E-state index contributed by atoms with van der Waals surface area (Å²) in [6.45, 7) is 12.4. The minimum absolute atomic E-state index is 0.0444.